The van der Waals surface area contributed by atoms with Crippen molar-refractivity contribution in [1.29, 1.82) is 0 Å². The summed E-state index contributed by atoms with van der Waals surface area (Å²) in [5.74, 6) is 0.715. The van der Waals surface area contributed by atoms with Crippen molar-refractivity contribution in [1.82, 2.24) is 14.5 Å². The van der Waals surface area contributed by atoms with Crippen molar-refractivity contribution in [3.63, 3.8) is 0 Å². The van der Waals surface area contributed by atoms with Gasteiger partial charge in [-0.2, -0.15) is 0 Å². The first-order valence-corrected chi connectivity index (χ1v) is 9.82. The number of carbonyl (C=O) groups excluding carboxylic acids is 1. The van der Waals surface area contributed by atoms with Crippen LogP contribution in [0.1, 0.15) is 30.2 Å². The highest BCUT2D eigenvalue weighted by atomic mass is 32.2. The van der Waals surface area contributed by atoms with E-state index in [4.69, 9.17) is 0 Å². The zero-order chi connectivity index (χ0) is 17.8. The molecule has 2 aromatic heterocycles. The molecule has 25 heavy (non-hydrogen) atoms. The van der Waals surface area contributed by atoms with Crippen LogP contribution in [0.3, 0.4) is 0 Å². The number of thioether (sulfide) groups is 1. The predicted octanol–water partition coefficient (Wildman–Crippen LogP) is 4.49. The molecular weight excluding hydrogens is 352 g/mol. The Labute approximate surface area is 155 Å². The lowest BCUT2D eigenvalue weighted by Crippen LogP contribution is -2.14. The Kier molecular flexibility index (Phi) is 5.55. The number of thiazole rings is 1. The van der Waals surface area contributed by atoms with E-state index in [0.29, 0.717) is 16.8 Å². The van der Waals surface area contributed by atoms with Crippen LogP contribution in [0.15, 0.2) is 48.0 Å². The molecule has 5 nitrogen and oxygen atoms in total. The number of amides is 1. The Bertz CT molecular complexity index is 852. The minimum atomic E-state index is -0.0796. The molecule has 0 saturated heterocycles. The number of benzene rings is 1. The van der Waals surface area contributed by atoms with E-state index < -0.39 is 0 Å². The Morgan fingerprint density at radius 3 is 2.68 bits per heavy atom. The van der Waals surface area contributed by atoms with Gasteiger partial charge in [0.15, 0.2) is 10.3 Å². The van der Waals surface area contributed by atoms with E-state index in [1.54, 1.807) is 12.4 Å². The van der Waals surface area contributed by atoms with Crippen molar-refractivity contribution in [2.45, 2.75) is 31.8 Å². The number of anilines is 1. The van der Waals surface area contributed by atoms with Crippen molar-refractivity contribution in [3.8, 4) is 5.69 Å². The molecule has 0 atom stereocenters. The van der Waals surface area contributed by atoms with Gasteiger partial charge in [0.1, 0.15) is 0 Å². The molecule has 1 aromatic carbocycles. The number of imidazole rings is 1. The molecule has 0 radical (unpaired) electrons. The van der Waals surface area contributed by atoms with Gasteiger partial charge in [-0.1, -0.05) is 37.7 Å². The molecular formula is C18H20N4OS2. The fourth-order valence-corrected chi connectivity index (χ4v) is 3.76. The Morgan fingerprint density at radius 1 is 1.28 bits per heavy atom. The van der Waals surface area contributed by atoms with Gasteiger partial charge >= 0.3 is 0 Å². The number of aromatic nitrogens is 3. The molecule has 1 N–H and O–H groups in total. The Balaban J connectivity index is 1.64. The molecule has 2 heterocycles. The summed E-state index contributed by atoms with van der Waals surface area (Å²) in [6.45, 7) is 6.32. The minimum absolute atomic E-state index is 0.0796. The third-order valence-electron chi connectivity index (χ3n) is 3.64. The van der Waals surface area contributed by atoms with Crippen molar-refractivity contribution in [3.05, 3.63) is 53.3 Å². The van der Waals surface area contributed by atoms with Crippen LogP contribution >= 0.6 is 23.1 Å². The van der Waals surface area contributed by atoms with Crippen LogP contribution in [0.5, 0.6) is 0 Å². The van der Waals surface area contributed by atoms with E-state index in [1.807, 2.05) is 17.7 Å². The summed E-state index contributed by atoms with van der Waals surface area (Å²) in [4.78, 5) is 21.7. The predicted molar refractivity (Wildman–Crippen MR) is 104 cm³/mol. The monoisotopic (exact) mass is 372 g/mol. The summed E-state index contributed by atoms with van der Waals surface area (Å²) in [7, 11) is 0. The maximum absolute atomic E-state index is 12.1. The van der Waals surface area contributed by atoms with Crippen LogP contribution in [0, 0.1) is 6.92 Å². The van der Waals surface area contributed by atoms with Gasteiger partial charge in [-0.15, -0.1) is 11.3 Å². The van der Waals surface area contributed by atoms with Crippen LogP contribution in [0.4, 0.5) is 5.13 Å². The quantitative estimate of drug-likeness (QED) is 0.648. The second kappa shape index (κ2) is 7.84. The van der Waals surface area contributed by atoms with Gasteiger partial charge in [0.05, 0.1) is 5.75 Å². The largest absolute Gasteiger partial charge is 0.301 e. The molecule has 3 aromatic rings. The smallest absolute Gasteiger partial charge is 0.236 e. The number of hydrogen-bond acceptors (Lipinski definition) is 5. The molecule has 0 aliphatic rings. The van der Waals surface area contributed by atoms with E-state index in [-0.39, 0.29) is 5.91 Å². The third-order valence-corrected chi connectivity index (χ3v) is 5.44. The highest BCUT2D eigenvalue weighted by Crippen LogP contribution is 2.23. The van der Waals surface area contributed by atoms with Crippen LogP contribution < -0.4 is 5.32 Å². The van der Waals surface area contributed by atoms with Crippen LogP contribution in [-0.4, -0.2) is 26.2 Å². The second-order valence-corrected chi connectivity index (χ2v) is 8.12. The normalized spacial score (nSPS) is 11.0. The number of carbonyl (C=O) groups is 1. The van der Waals surface area contributed by atoms with Crippen molar-refractivity contribution in [2.24, 2.45) is 0 Å². The van der Waals surface area contributed by atoms with E-state index >= 15 is 0 Å². The van der Waals surface area contributed by atoms with Gasteiger partial charge in [-0.05, 0) is 30.5 Å². The average molecular weight is 373 g/mol. The molecule has 0 fully saturated rings. The van der Waals surface area contributed by atoms with E-state index in [1.165, 1.54) is 28.7 Å². The number of hydrogen-bond donors (Lipinski definition) is 1. The van der Waals surface area contributed by atoms with Crippen LogP contribution in [0.25, 0.3) is 5.69 Å². The molecule has 0 aliphatic heterocycles. The molecule has 0 bridgehead atoms. The van der Waals surface area contributed by atoms with Gasteiger partial charge in [-0.25, -0.2) is 9.97 Å². The molecule has 0 spiro atoms. The number of nitrogens with one attached hydrogen (secondary N) is 1. The highest BCUT2D eigenvalue weighted by molar-refractivity contribution is 7.99. The van der Waals surface area contributed by atoms with Gasteiger partial charge < -0.3 is 5.32 Å². The summed E-state index contributed by atoms with van der Waals surface area (Å²) in [5, 5.41) is 4.24. The van der Waals surface area contributed by atoms with Crippen LogP contribution in [0.2, 0.25) is 0 Å². The van der Waals surface area contributed by atoms with Gasteiger partial charge in [0, 0.05) is 29.2 Å². The minimum Gasteiger partial charge on any atom is -0.301 e. The van der Waals surface area contributed by atoms with Gasteiger partial charge in [0.2, 0.25) is 5.91 Å². The van der Waals surface area contributed by atoms with E-state index in [2.05, 4.69) is 53.4 Å². The molecule has 130 valence electrons. The van der Waals surface area contributed by atoms with Gasteiger partial charge in [-0.3, -0.25) is 9.36 Å². The molecule has 1 amide bonds. The fraction of sp³-hybridized carbons (Fsp3) is 0.278. The summed E-state index contributed by atoms with van der Waals surface area (Å²) < 4.78 is 2.00. The standard InChI is InChI=1S/C18H20N4OS2/c1-12(2)14-4-6-15(7-5-14)22-9-8-19-18(22)24-11-16(23)21-17-20-10-13(3)25-17/h4-10,12H,11H2,1-3H3,(H,20,21,23). The van der Waals surface area contributed by atoms with E-state index in [9.17, 15) is 4.79 Å². The van der Waals surface area contributed by atoms with Gasteiger partial charge in [0.25, 0.3) is 0 Å². The summed E-state index contributed by atoms with van der Waals surface area (Å²) >= 11 is 2.88. The average Bonchev–Trinajstić information content (AvgIpc) is 3.22. The first kappa shape index (κ1) is 17.7. The third kappa shape index (κ3) is 4.49. The number of rotatable bonds is 6. The first-order chi connectivity index (χ1) is 12.0. The Morgan fingerprint density at radius 2 is 2.04 bits per heavy atom. The van der Waals surface area contributed by atoms with E-state index in [0.717, 1.165) is 15.7 Å². The lowest BCUT2D eigenvalue weighted by atomic mass is 10.0. The highest BCUT2D eigenvalue weighted by Gasteiger charge is 2.11. The zero-order valence-electron chi connectivity index (χ0n) is 14.4. The SMILES string of the molecule is Cc1cnc(NC(=O)CSc2nccn2-c2ccc(C(C)C)cc2)s1. The fourth-order valence-electron chi connectivity index (χ4n) is 2.31. The lowest BCUT2D eigenvalue weighted by molar-refractivity contribution is -0.113. The van der Waals surface area contributed by atoms with Crippen LogP contribution in [-0.2, 0) is 4.79 Å². The topological polar surface area (TPSA) is 59.8 Å². The number of aryl methyl sites for hydroxylation is 1. The molecule has 3 rings (SSSR count). The molecule has 7 heteroatoms. The maximum Gasteiger partial charge on any atom is 0.236 e. The molecule has 0 aliphatic carbocycles. The molecule has 0 unspecified atom stereocenters. The lowest BCUT2D eigenvalue weighted by Gasteiger charge is -2.10. The van der Waals surface area contributed by atoms with Crippen molar-refractivity contribution >= 4 is 34.1 Å². The summed E-state index contributed by atoms with van der Waals surface area (Å²) in [6.07, 6.45) is 5.41. The zero-order valence-corrected chi connectivity index (χ0v) is 16.0. The molecule has 0 saturated carbocycles. The second-order valence-electron chi connectivity index (χ2n) is 5.94. The summed E-state index contributed by atoms with van der Waals surface area (Å²) in [6, 6.07) is 8.43. The van der Waals surface area contributed by atoms with Crippen molar-refractivity contribution < 1.29 is 4.79 Å². The maximum atomic E-state index is 12.1. The summed E-state index contributed by atoms with van der Waals surface area (Å²) in [5.41, 5.74) is 2.34. The Hall–Kier alpha value is -2.12. The van der Waals surface area contributed by atoms with Crippen molar-refractivity contribution in [2.75, 3.05) is 11.1 Å². The number of nitrogens with zero attached hydrogens (tertiary/aromatic N) is 3. The first-order valence-electron chi connectivity index (χ1n) is 8.01.